The van der Waals surface area contributed by atoms with Crippen LogP contribution >= 0.6 is 0 Å². The Morgan fingerprint density at radius 2 is 1.88 bits per heavy atom. The molecule has 1 saturated carbocycles. The van der Waals surface area contributed by atoms with Crippen molar-refractivity contribution in [2.45, 2.75) is 57.5 Å². The molecule has 25 heavy (non-hydrogen) atoms. The quantitative estimate of drug-likeness (QED) is 0.655. The van der Waals surface area contributed by atoms with Crippen LogP contribution in [0.25, 0.3) is 0 Å². The van der Waals surface area contributed by atoms with Gasteiger partial charge in [0.2, 0.25) is 0 Å². The van der Waals surface area contributed by atoms with E-state index >= 15 is 0 Å². The van der Waals surface area contributed by atoms with Gasteiger partial charge in [-0.15, -0.1) is 0 Å². The van der Waals surface area contributed by atoms with Gasteiger partial charge in [0.1, 0.15) is 17.9 Å². The molecule has 3 rings (SSSR count). The Kier molecular flexibility index (Phi) is 4.84. The van der Waals surface area contributed by atoms with Crippen molar-refractivity contribution in [3.63, 3.8) is 0 Å². The summed E-state index contributed by atoms with van der Waals surface area (Å²) in [6.07, 6.45) is 5.15. The second-order valence-corrected chi connectivity index (χ2v) is 7.29. The molecule has 1 atom stereocenters. The molecule has 5 heteroatoms. The Morgan fingerprint density at radius 3 is 2.48 bits per heavy atom. The van der Waals surface area contributed by atoms with Gasteiger partial charge in [0.05, 0.1) is 0 Å². The minimum atomic E-state index is -1.01. The maximum absolute atomic E-state index is 13.0. The van der Waals surface area contributed by atoms with Crippen molar-refractivity contribution >= 4 is 11.9 Å². The zero-order chi connectivity index (χ0) is 18.0. The molecule has 1 N–H and O–H groups in total. The Hall–Kier alpha value is -2.30. The molecular formula is C20H26N2O3. The lowest BCUT2D eigenvalue weighted by atomic mass is 9.90. The summed E-state index contributed by atoms with van der Waals surface area (Å²) >= 11 is 0. The van der Waals surface area contributed by atoms with Crippen LogP contribution in [0.5, 0.6) is 5.75 Å². The number of carbonyl (C=O) groups is 2. The molecule has 0 bridgehead atoms. The lowest BCUT2D eigenvalue weighted by Gasteiger charge is -2.30. The average molecular weight is 342 g/mol. The predicted molar refractivity (Wildman–Crippen MR) is 96.4 cm³/mol. The Bertz CT molecular complexity index is 677. The molecule has 1 saturated heterocycles. The molecule has 0 spiro atoms. The summed E-state index contributed by atoms with van der Waals surface area (Å²) in [5.74, 6) is 0.566. The van der Waals surface area contributed by atoms with E-state index in [2.05, 4.69) is 11.9 Å². The summed E-state index contributed by atoms with van der Waals surface area (Å²) in [6.45, 7) is 7.95. The Morgan fingerprint density at radius 1 is 1.24 bits per heavy atom. The maximum atomic E-state index is 13.0. The van der Waals surface area contributed by atoms with Crippen molar-refractivity contribution < 1.29 is 14.3 Å². The van der Waals surface area contributed by atoms with Gasteiger partial charge in [-0.25, -0.2) is 4.79 Å². The number of nitrogens with one attached hydrogen (secondary N) is 1. The van der Waals surface area contributed by atoms with Gasteiger partial charge in [-0.1, -0.05) is 38.0 Å². The van der Waals surface area contributed by atoms with Crippen LogP contribution in [-0.4, -0.2) is 29.5 Å². The van der Waals surface area contributed by atoms with Gasteiger partial charge in [0.15, 0.2) is 0 Å². The maximum Gasteiger partial charge on any atom is 0.325 e. The van der Waals surface area contributed by atoms with Crippen molar-refractivity contribution in [2.24, 2.45) is 0 Å². The highest BCUT2D eigenvalue weighted by molar-refractivity contribution is 6.07. The SMILES string of the molecule is C=C(C)COc1ccc(C2(C)NC(=O)N(C3CCCCC3)C2=O)cc1. The fourth-order valence-corrected chi connectivity index (χ4v) is 3.62. The molecule has 134 valence electrons. The molecule has 1 aromatic rings. The van der Waals surface area contributed by atoms with E-state index in [-0.39, 0.29) is 18.0 Å². The first-order chi connectivity index (χ1) is 11.9. The van der Waals surface area contributed by atoms with Crippen molar-refractivity contribution in [2.75, 3.05) is 6.61 Å². The van der Waals surface area contributed by atoms with E-state index < -0.39 is 5.54 Å². The third-order valence-corrected chi connectivity index (χ3v) is 5.08. The van der Waals surface area contributed by atoms with Crippen molar-refractivity contribution in [1.82, 2.24) is 10.2 Å². The first-order valence-electron chi connectivity index (χ1n) is 8.95. The van der Waals surface area contributed by atoms with Crippen molar-refractivity contribution in [3.05, 3.63) is 42.0 Å². The smallest absolute Gasteiger partial charge is 0.325 e. The molecule has 1 unspecified atom stereocenters. The van der Waals surface area contributed by atoms with Crippen molar-refractivity contribution in [3.8, 4) is 5.75 Å². The second-order valence-electron chi connectivity index (χ2n) is 7.29. The van der Waals surface area contributed by atoms with E-state index in [9.17, 15) is 9.59 Å². The summed E-state index contributed by atoms with van der Waals surface area (Å²) in [5.41, 5.74) is 0.700. The van der Waals surface area contributed by atoms with Crippen LogP contribution in [-0.2, 0) is 10.3 Å². The van der Waals surface area contributed by atoms with Gasteiger partial charge < -0.3 is 10.1 Å². The van der Waals surface area contributed by atoms with Gasteiger partial charge in [-0.3, -0.25) is 9.69 Å². The highest BCUT2D eigenvalue weighted by atomic mass is 16.5. The van der Waals surface area contributed by atoms with Gasteiger partial charge in [-0.05, 0) is 50.0 Å². The van der Waals surface area contributed by atoms with Gasteiger partial charge >= 0.3 is 6.03 Å². The Balaban J connectivity index is 1.77. The molecular weight excluding hydrogens is 316 g/mol. The fourth-order valence-electron chi connectivity index (χ4n) is 3.62. The number of rotatable bonds is 5. The minimum Gasteiger partial charge on any atom is -0.489 e. The van der Waals surface area contributed by atoms with E-state index in [0.29, 0.717) is 6.61 Å². The highest BCUT2D eigenvalue weighted by Crippen LogP contribution is 2.34. The number of hydrogen-bond donors (Lipinski definition) is 1. The van der Waals surface area contributed by atoms with Crippen LogP contribution in [0.3, 0.4) is 0 Å². The topological polar surface area (TPSA) is 58.6 Å². The lowest BCUT2D eigenvalue weighted by molar-refractivity contribution is -0.133. The fraction of sp³-hybridized carbons (Fsp3) is 0.500. The molecule has 1 aliphatic heterocycles. The van der Waals surface area contributed by atoms with Crippen molar-refractivity contribution in [1.29, 1.82) is 0 Å². The van der Waals surface area contributed by atoms with Crippen LogP contribution in [0.1, 0.15) is 51.5 Å². The molecule has 2 aliphatic rings. The number of hydrogen-bond acceptors (Lipinski definition) is 3. The molecule has 0 aromatic heterocycles. The summed E-state index contributed by atoms with van der Waals surface area (Å²) in [4.78, 5) is 27.0. The van der Waals surface area contributed by atoms with Crippen LogP contribution in [0.15, 0.2) is 36.4 Å². The predicted octanol–water partition coefficient (Wildman–Crippen LogP) is 3.74. The molecule has 5 nitrogen and oxygen atoms in total. The number of nitrogens with zero attached hydrogens (tertiary/aromatic N) is 1. The summed E-state index contributed by atoms with van der Waals surface area (Å²) < 4.78 is 5.60. The number of urea groups is 1. The third kappa shape index (κ3) is 3.41. The summed E-state index contributed by atoms with van der Waals surface area (Å²) in [6, 6.07) is 7.09. The first-order valence-corrected chi connectivity index (χ1v) is 8.95. The van der Waals surface area contributed by atoms with Gasteiger partial charge in [0.25, 0.3) is 5.91 Å². The number of carbonyl (C=O) groups excluding carboxylic acids is 2. The van der Waals surface area contributed by atoms with E-state index in [1.54, 1.807) is 6.92 Å². The normalized spacial score (nSPS) is 24.3. The summed E-state index contributed by atoms with van der Waals surface area (Å²) in [7, 11) is 0. The largest absolute Gasteiger partial charge is 0.489 e. The van der Waals surface area contributed by atoms with Gasteiger partial charge in [0, 0.05) is 6.04 Å². The minimum absolute atomic E-state index is 0.0289. The first kappa shape index (κ1) is 17.5. The van der Waals surface area contributed by atoms with Crippen LogP contribution in [0.4, 0.5) is 4.79 Å². The lowest BCUT2D eigenvalue weighted by Crippen LogP contribution is -2.44. The van der Waals surface area contributed by atoms with E-state index in [1.165, 1.54) is 11.3 Å². The molecule has 1 heterocycles. The molecule has 1 aromatic carbocycles. The van der Waals surface area contributed by atoms with E-state index in [1.807, 2.05) is 31.2 Å². The number of amides is 3. The number of imide groups is 1. The standard InChI is InChI=1S/C20H26N2O3/c1-14(2)13-25-17-11-9-15(10-12-17)20(3)18(23)22(19(24)21-20)16-7-5-4-6-8-16/h9-12,16H,1,4-8,13H2,2-3H3,(H,21,24). The third-order valence-electron chi connectivity index (χ3n) is 5.08. The molecule has 3 amide bonds. The van der Waals surface area contributed by atoms with Crippen LogP contribution < -0.4 is 10.1 Å². The zero-order valence-corrected chi connectivity index (χ0v) is 15.0. The number of benzene rings is 1. The molecule has 2 fully saturated rings. The molecule has 1 aliphatic carbocycles. The van der Waals surface area contributed by atoms with Gasteiger partial charge in [-0.2, -0.15) is 0 Å². The van der Waals surface area contributed by atoms with Crippen LogP contribution in [0, 0.1) is 0 Å². The average Bonchev–Trinajstić information content (AvgIpc) is 2.84. The van der Waals surface area contributed by atoms with E-state index in [4.69, 9.17) is 4.74 Å². The van der Waals surface area contributed by atoms with E-state index in [0.717, 1.165) is 42.6 Å². The Labute approximate surface area is 149 Å². The molecule has 0 radical (unpaired) electrons. The number of ether oxygens (including phenoxy) is 1. The summed E-state index contributed by atoms with van der Waals surface area (Å²) in [5, 5.41) is 2.90. The monoisotopic (exact) mass is 342 g/mol. The zero-order valence-electron chi connectivity index (χ0n) is 15.0. The second kappa shape index (κ2) is 6.90. The van der Waals surface area contributed by atoms with Crippen LogP contribution in [0.2, 0.25) is 0 Å². The highest BCUT2D eigenvalue weighted by Gasteiger charge is 2.51.